The molecule has 1 heterocycles. The fourth-order valence-electron chi connectivity index (χ4n) is 2.92. The lowest BCUT2D eigenvalue weighted by atomic mass is 10.2. The number of aromatic nitrogens is 1. The van der Waals surface area contributed by atoms with Gasteiger partial charge in [-0.05, 0) is 44.0 Å². The van der Waals surface area contributed by atoms with Crippen LogP contribution in [0.2, 0.25) is 0 Å². The first-order chi connectivity index (χ1) is 12.0. The number of rotatable bonds is 6. The number of fused-ring (bicyclic) bond motifs is 1. The molecule has 1 aliphatic carbocycles. The van der Waals surface area contributed by atoms with Crippen molar-refractivity contribution in [3.05, 3.63) is 54.4 Å². The number of sulfone groups is 1. The second-order valence-corrected chi connectivity index (χ2v) is 8.68. The fourth-order valence-corrected chi connectivity index (χ4v) is 4.42. The summed E-state index contributed by atoms with van der Waals surface area (Å²) in [4.78, 5) is 4.85. The lowest BCUT2D eigenvalue weighted by Gasteiger charge is -2.15. The van der Waals surface area contributed by atoms with Gasteiger partial charge in [0.1, 0.15) is 5.52 Å². The van der Waals surface area contributed by atoms with Crippen molar-refractivity contribution in [2.24, 2.45) is 0 Å². The van der Waals surface area contributed by atoms with E-state index >= 15 is 0 Å². The molecule has 1 fully saturated rings. The van der Waals surface area contributed by atoms with E-state index < -0.39 is 9.84 Å². The zero-order valence-corrected chi connectivity index (χ0v) is 14.8. The molecule has 0 spiro atoms. The third-order valence-electron chi connectivity index (χ3n) is 4.32. The average Bonchev–Trinajstić information content (AvgIpc) is 3.35. The summed E-state index contributed by atoms with van der Waals surface area (Å²) in [6, 6.07) is 14.0. The minimum Gasteiger partial charge on any atom is -0.440 e. The van der Waals surface area contributed by atoms with Gasteiger partial charge < -0.3 is 9.73 Å². The summed E-state index contributed by atoms with van der Waals surface area (Å²) in [5.74, 6) is 1.31. The highest BCUT2D eigenvalue weighted by Gasteiger charge is 2.29. The maximum absolute atomic E-state index is 12.5. The molecule has 3 aromatic rings. The van der Waals surface area contributed by atoms with Crippen LogP contribution in [0, 0.1) is 0 Å². The van der Waals surface area contributed by atoms with E-state index in [1.54, 1.807) is 24.3 Å². The largest absolute Gasteiger partial charge is 0.440 e. The standard InChI is InChI=1S/C19H20N2O3S/c1-13(12-25(22,23)16-5-3-2-4-6-16)20-15-9-10-17-18(11-15)24-19(21-17)14-7-8-14/h2-6,9-11,13-14,20H,7-8,12H2,1H3. The van der Waals surface area contributed by atoms with Crippen LogP contribution in [0.5, 0.6) is 0 Å². The minimum absolute atomic E-state index is 0.0266. The molecule has 1 unspecified atom stereocenters. The summed E-state index contributed by atoms with van der Waals surface area (Å²) in [6.07, 6.45) is 2.29. The lowest BCUT2D eigenvalue weighted by molar-refractivity contribution is 0.533. The maximum atomic E-state index is 12.5. The molecule has 0 saturated heterocycles. The Labute approximate surface area is 147 Å². The SMILES string of the molecule is CC(CS(=O)(=O)c1ccccc1)Nc1ccc2nc(C3CC3)oc2c1. The molecule has 0 radical (unpaired) electrons. The highest BCUT2D eigenvalue weighted by Crippen LogP contribution is 2.40. The molecule has 0 aliphatic heterocycles. The molecule has 1 N–H and O–H groups in total. The molecule has 1 atom stereocenters. The van der Waals surface area contributed by atoms with E-state index in [0.29, 0.717) is 10.8 Å². The zero-order chi connectivity index (χ0) is 17.4. The van der Waals surface area contributed by atoms with Gasteiger partial charge in [-0.15, -0.1) is 0 Å². The van der Waals surface area contributed by atoms with E-state index in [1.165, 1.54) is 0 Å². The van der Waals surface area contributed by atoms with Crippen LogP contribution in [-0.2, 0) is 9.84 Å². The Morgan fingerprint density at radius 2 is 1.96 bits per heavy atom. The van der Waals surface area contributed by atoms with E-state index in [0.717, 1.165) is 35.5 Å². The monoisotopic (exact) mass is 356 g/mol. The van der Waals surface area contributed by atoms with Crippen molar-refractivity contribution in [1.29, 1.82) is 0 Å². The zero-order valence-electron chi connectivity index (χ0n) is 14.0. The number of benzene rings is 2. The predicted octanol–water partition coefficient (Wildman–Crippen LogP) is 3.98. The summed E-state index contributed by atoms with van der Waals surface area (Å²) < 4.78 is 30.7. The fraction of sp³-hybridized carbons (Fsp3) is 0.316. The summed E-state index contributed by atoms with van der Waals surface area (Å²) in [5.41, 5.74) is 2.42. The van der Waals surface area contributed by atoms with E-state index in [9.17, 15) is 8.42 Å². The molecular formula is C19H20N2O3S. The molecule has 2 aromatic carbocycles. The Morgan fingerprint density at radius 1 is 1.20 bits per heavy atom. The van der Waals surface area contributed by atoms with Gasteiger partial charge in [0.15, 0.2) is 21.3 Å². The van der Waals surface area contributed by atoms with Crippen molar-refractivity contribution in [2.45, 2.75) is 36.6 Å². The molecule has 4 rings (SSSR count). The van der Waals surface area contributed by atoms with Crippen molar-refractivity contribution >= 4 is 26.6 Å². The van der Waals surface area contributed by atoms with Gasteiger partial charge in [-0.1, -0.05) is 18.2 Å². The second-order valence-electron chi connectivity index (χ2n) is 6.65. The van der Waals surface area contributed by atoms with Gasteiger partial charge in [0.05, 0.1) is 10.6 Å². The van der Waals surface area contributed by atoms with Crippen molar-refractivity contribution < 1.29 is 12.8 Å². The molecule has 1 aliphatic rings. The van der Waals surface area contributed by atoms with Crippen LogP contribution in [0.25, 0.3) is 11.1 Å². The third-order valence-corrected chi connectivity index (χ3v) is 6.25. The van der Waals surface area contributed by atoms with Crippen LogP contribution in [0.15, 0.2) is 57.8 Å². The molecular weight excluding hydrogens is 336 g/mol. The van der Waals surface area contributed by atoms with Crippen LogP contribution in [0.4, 0.5) is 5.69 Å². The van der Waals surface area contributed by atoms with E-state index in [4.69, 9.17) is 4.42 Å². The third kappa shape index (κ3) is 3.54. The molecule has 25 heavy (non-hydrogen) atoms. The predicted molar refractivity (Wildman–Crippen MR) is 97.6 cm³/mol. The van der Waals surface area contributed by atoms with Gasteiger partial charge in [-0.25, -0.2) is 13.4 Å². The minimum atomic E-state index is -3.32. The van der Waals surface area contributed by atoms with E-state index in [2.05, 4.69) is 10.3 Å². The summed E-state index contributed by atoms with van der Waals surface area (Å²) in [5, 5.41) is 3.25. The Hall–Kier alpha value is -2.34. The quantitative estimate of drug-likeness (QED) is 0.723. The summed E-state index contributed by atoms with van der Waals surface area (Å²) >= 11 is 0. The van der Waals surface area contributed by atoms with E-state index in [-0.39, 0.29) is 11.8 Å². The molecule has 5 nitrogen and oxygen atoms in total. The van der Waals surface area contributed by atoms with Gasteiger partial charge >= 0.3 is 0 Å². The summed E-state index contributed by atoms with van der Waals surface area (Å²) in [6.45, 7) is 1.86. The van der Waals surface area contributed by atoms with Gasteiger partial charge in [0, 0.05) is 23.7 Å². The topological polar surface area (TPSA) is 72.2 Å². The van der Waals surface area contributed by atoms with Gasteiger partial charge in [0.25, 0.3) is 0 Å². The molecule has 1 saturated carbocycles. The molecule has 6 heteroatoms. The number of nitrogens with zero attached hydrogens (tertiary/aromatic N) is 1. The van der Waals surface area contributed by atoms with Crippen molar-refractivity contribution in [2.75, 3.05) is 11.1 Å². The van der Waals surface area contributed by atoms with Gasteiger partial charge in [-0.2, -0.15) is 0 Å². The summed E-state index contributed by atoms with van der Waals surface area (Å²) in [7, 11) is -3.32. The van der Waals surface area contributed by atoms with Crippen molar-refractivity contribution in [3.8, 4) is 0 Å². The molecule has 0 bridgehead atoms. The lowest BCUT2D eigenvalue weighted by Crippen LogP contribution is -2.25. The first-order valence-corrected chi connectivity index (χ1v) is 10.1. The Morgan fingerprint density at radius 3 is 2.68 bits per heavy atom. The Bertz CT molecular complexity index is 992. The normalized spacial score (nSPS) is 16.0. The van der Waals surface area contributed by atoms with Gasteiger partial charge in [0.2, 0.25) is 0 Å². The highest BCUT2D eigenvalue weighted by atomic mass is 32.2. The van der Waals surface area contributed by atoms with Gasteiger partial charge in [-0.3, -0.25) is 0 Å². The highest BCUT2D eigenvalue weighted by molar-refractivity contribution is 7.91. The van der Waals surface area contributed by atoms with Crippen LogP contribution in [-0.4, -0.2) is 25.2 Å². The first-order valence-electron chi connectivity index (χ1n) is 8.46. The Balaban J connectivity index is 1.48. The number of nitrogens with one attached hydrogen (secondary N) is 1. The number of oxazole rings is 1. The smallest absolute Gasteiger partial charge is 0.198 e. The number of hydrogen-bond acceptors (Lipinski definition) is 5. The number of hydrogen-bond donors (Lipinski definition) is 1. The average molecular weight is 356 g/mol. The van der Waals surface area contributed by atoms with Crippen LogP contribution in [0.3, 0.4) is 0 Å². The van der Waals surface area contributed by atoms with Crippen LogP contribution < -0.4 is 5.32 Å². The Kier molecular flexibility index (Phi) is 4.00. The van der Waals surface area contributed by atoms with Crippen LogP contribution >= 0.6 is 0 Å². The number of anilines is 1. The maximum Gasteiger partial charge on any atom is 0.198 e. The van der Waals surface area contributed by atoms with E-state index in [1.807, 2.05) is 31.2 Å². The van der Waals surface area contributed by atoms with Crippen LogP contribution in [0.1, 0.15) is 31.6 Å². The van der Waals surface area contributed by atoms with Crippen molar-refractivity contribution in [3.63, 3.8) is 0 Å². The first kappa shape index (κ1) is 16.1. The second kappa shape index (κ2) is 6.19. The van der Waals surface area contributed by atoms with Crippen molar-refractivity contribution in [1.82, 2.24) is 4.98 Å². The molecule has 0 amide bonds. The molecule has 130 valence electrons. The molecule has 1 aromatic heterocycles.